The molecule has 0 fully saturated rings. The molecule has 2 aromatic rings. The third kappa shape index (κ3) is 2.52. The monoisotopic (exact) mass is 280 g/mol. The quantitative estimate of drug-likeness (QED) is 0.819. The van der Waals surface area contributed by atoms with Crippen LogP contribution in [-0.2, 0) is 0 Å². The molecule has 0 atom stereocenters. The van der Waals surface area contributed by atoms with Crippen LogP contribution in [-0.4, -0.2) is 0 Å². The Balaban J connectivity index is 2.26. The number of benzene rings is 2. The van der Waals surface area contributed by atoms with E-state index in [0.717, 1.165) is 10.2 Å². The lowest BCUT2D eigenvalue weighted by molar-refractivity contribution is 0.628. The van der Waals surface area contributed by atoms with E-state index in [1.165, 1.54) is 18.2 Å². The Bertz CT molecular complexity index is 497. The normalized spacial score (nSPS) is 10.1. The minimum absolute atomic E-state index is 0.311. The Hall–Kier alpha value is -1.55. The van der Waals surface area contributed by atoms with E-state index in [1.54, 1.807) is 0 Å². The van der Waals surface area contributed by atoms with Crippen LogP contribution in [0.3, 0.4) is 0 Å². The first kappa shape index (κ1) is 11.0. The lowest BCUT2D eigenvalue weighted by atomic mass is 10.2. The Morgan fingerprint density at radius 3 is 2.44 bits per heavy atom. The summed E-state index contributed by atoms with van der Waals surface area (Å²) in [4.78, 5) is 0. The molecule has 2 nitrogen and oxygen atoms in total. The molecule has 0 aromatic heterocycles. The molecular formula is C12H10BrFN2. The zero-order chi connectivity index (χ0) is 11.5. The van der Waals surface area contributed by atoms with Gasteiger partial charge in [-0.15, -0.1) is 0 Å². The molecule has 2 rings (SSSR count). The summed E-state index contributed by atoms with van der Waals surface area (Å²) in [7, 11) is 0. The van der Waals surface area contributed by atoms with Crippen molar-refractivity contribution < 1.29 is 4.39 Å². The first-order valence-corrected chi connectivity index (χ1v) is 5.52. The highest BCUT2D eigenvalue weighted by Gasteiger charge is 2.01. The van der Waals surface area contributed by atoms with E-state index in [-0.39, 0.29) is 5.82 Å². The zero-order valence-electron chi connectivity index (χ0n) is 8.37. The van der Waals surface area contributed by atoms with Gasteiger partial charge in [-0.2, -0.15) is 0 Å². The maximum Gasteiger partial charge on any atom is 0.125 e. The predicted molar refractivity (Wildman–Crippen MR) is 68.2 cm³/mol. The molecule has 0 heterocycles. The maximum absolute atomic E-state index is 13.0. The van der Waals surface area contributed by atoms with E-state index in [0.29, 0.717) is 11.4 Å². The summed E-state index contributed by atoms with van der Waals surface area (Å²) in [5.41, 5.74) is 7.68. The highest BCUT2D eigenvalue weighted by Crippen LogP contribution is 2.24. The predicted octanol–water partition coefficient (Wildman–Crippen LogP) is 3.91. The van der Waals surface area contributed by atoms with Gasteiger partial charge in [0, 0.05) is 10.2 Å². The molecule has 16 heavy (non-hydrogen) atoms. The van der Waals surface area contributed by atoms with Gasteiger partial charge >= 0.3 is 0 Å². The Morgan fingerprint density at radius 2 is 1.75 bits per heavy atom. The molecule has 0 saturated carbocycles. The number of nitrogens with one attached hydrogen (secondary N) is 1. The number of halogens is 2. The Labute approximate surface area is 101 Å². The van der Waals surface area contributed by atoms with Gasteiger partial charge in [0.1, 0.15) is 5.82 Å². The van der Waals surface area contributed by atoms with E-state index in [4.69, 9.17) is 5.73 Å². The summed E-state index contributed by atoms with van der Waals surface area (Å²) in [5, 5.41) is 3.05. The summed E-state index contributed by atoms with van der Waals surface area (Å²) >= 11 is 3.34. The molecule has 0 amide bonds. The lowest BCUT2D eigenvalue weighted by Crippen LogP contribution is -1.96. The summed E-state index contributed by atoms with van der Waals surface area (Å²) in [6.07, 6.45) is 0. The van der Waals surface area contributed by atoms with Crippen molar-refractivity contribution in [1.29, 1.82) is 0 Å². The van der Waals surface area contributed by atoms with Gasteiger partial charge in [-0.3, -0.25) is 0 Å². The van der Waals surface area contributed by atoms with Gasteiger partial charge < -0.3 is 11.1 Å². The van der Waals surface area contributed by atoms with Gasteiger partial charge in [0.2, 0.25) is 0 Å². The molecule has 2 aromatic carbocycles. The number of nitrogens with two attached hydrogens (primary N) is 1. The molecule has 0 aliphatic heterocycles. The van der Waals surface area contributed by atoms with Gasteiger partial charge in [0.15, 0.2) is 0 Å². The SMILES string of the molecule is Nc1ccc(F)cc1Nc1ccc(Br)cc1. The maximum atomic E-state index is 13.0. The smallest absolute Gasteiger partial charge is 0.125 e. The molecule has 0 aliphatic carbocycles. The van der Waals surface area contributed by atoms with Crippen LogP contribution in [0.4, 0.5) is 21.5 Å². The number of anilines is 3. The Kier molecular flexibility index (Phi) is 3.10. The summed E-state index contributed by atoms with van der Waals surface area (Å²) in [5.74, 6) is -0.311. The summed E-state index contributed by atoms with van der Waals surface area (Å²) in [6, 6.07) is 11.8. The van der Waals surface area contributed by atoms with Crippen LogP contribution in [0, 0.1) is 5.82 Å². The van der Waals surface area contributed by atoms with Gasteiger partial charge in [-0.05, 0) is 42.5 Å². The minimum atomic E-state index is -0.311. The Morgan fingerprint density at radius 1 is 1.06 bits per heavy atom. The van der Waals surface area contributed by atoms with Crippen molar-refractivity contribution in [2.45, 2.75) is 0 Å². The second kappa shape index (κ2) is 4.53. The van der Waals surface area contributed by atoms with Crippen molar-refractivity contribution in [1.82, 2.24) is 0 Å². The molecule has 3 N–H and O–H groups in total. The van der Waals surface area contributed by atoms with Crippen molar-refractivity contribution >= 4 is 33.0 Å². The number of rotatable bonds is 2. The highest BCUT2D eigenvalue weighted by atomic mass is 79.9. The second-order valence-electron chi connectivity index (χ2n) is 3.36. The second-order valence-corrected chi connectivity index (χ2v) is 4.28. The molecule has 0 aliphatic rings. The minimum Gasteiger partial charge on any atom is -0.397 e. The fourth-order valence-corrected chi connectivity index (χ4v) is 1.59. The number of nitrogen functional groups attached to an aromatic ring is 1. The molecule has 4 heteroatoms. The van der Waals surface area contributed by atoms with Crippen LogP contribution < -0.4 is 11.1 Å². The summed E-state index contributed by atoms with van der Waals surface area (Å²) in [6.45, 7) is 0. The van der Waals surface area contributed by atoms with E-state index in [2.05, 4.69) is 21.2 Å². The molecular weight excluding hydrogens is 271 g/mol. The molecule has 82 valence electrons. The van der Waals surface area contributed by atoms with Gasteiger partial charge in [-0.25, -0.2) is 4.39 Å². The molecule has 0 bridgehead atoms. The van der Waals surface area contributed by atoms with E-state index in [9.17, 15) is 4.39 Å². The van der Waals surface area contributed by atoms with Crippen molar-refractivity contribution in [2.75, 3.05) is 11.1 Å². The fraction of sp³-hybridized carbons (Fsp3) is 0. The third-order valence-electron chi connectivity index (χ3n) is 2.14. The number of hydrogen-bond acceptors (Lipinski definition) is 2. The van der Waals surface area contributed by atoms with Gasteiger partial charge in [0.05, 0.1) is 11.4 Å². The third-order valence-corrected chi connectivity index (χ3v) is 2.67. The first-order valence-electron chi connectivity index (χ1n) is 4.73. The topological polar surface area (TPSA) is 38.0 Å². The van der Waals surface area contributed by atoms with Gasteiger partial charge in [-0.1, -0.05) is 15.9 Å². The van der Waals surface area contributed by atoms with Crippen LogP contribution in [0.25, 0.3) is 0 Å². The molecule has 0 saturated heterocycles. The van der Waals surface area contributed by atoms with Crippen LogP contribution in [0.2, 0.25) is 0 Å². The van der Waals surface area contributed by atoms with Crippen LogP contribution >= 0.6 is 15.9 Å². The van der Waals surface area contributed by atoms with Crippen LogP contribution in [0.15, 0.2) is 46.9 Å². The average Bonchev–Trinajstić information content (AvgIpc) is 2.27. The van der Waals surface area contributed by atoms with E-state index >= 15 is 0 Å². The van der Waals surface area contributed by atoms with E-state index in [1.807, 2.05) is 24.3 Å². The van der Waals surface area contributed by atoms with Crippen molar-refractivity contribution in [3.05, 3.63) is 52.8 Å². The average molecular weight is 281 g/mol. The van der Waals surface area contributed by atoms with Crippen molar-refractivity contribution in [3.8, 4) is 0 Å². The van der Waals surface area contributed by atoms with Crippen molar-refractivity contribution in [3.63, 3.8) is 0 Å². The van der Waals surface area contributed by atoms with Crippen LogP contribution in [0.5, 0.6) is 0 Å². The zero-order valence-corrected chi connectivity index (χ0v) is 9.96. The molecule has 0 unspecified atom stereocenters. The molecule has 0 spiro atoms. The van der Waals surface area contributed by atoms with E-state index < -0.39 is 0 Å². The fourth-order valence-electron chi connectivity index (χ4n) is 1.33. The standard InChI is InChI=1S/C12H10BrFN2/c13-8-1-4-10(5-2-8)16-12-7-9(14)3-6-11(12)15/h1-7,16H,15H2. The summed E-state index contributed by atoms with van der Waals surface area (Å²) < 4.78 is 14.0. The highest BCUT2D eigenvalue weighted by molar-refractivity contribution is 9.10. The number of hydrogen-bond donors (Lipinski definition) is 2. The lowest BCUT2D eigenvalue weighted by Gasteiger charge is -2.09. The van der Waals surface area contributed by atoms with Crippen LogP contribution in [0.1, 0.15) is 0 Å². The molecule has 0 radical (unpaired) electrons. The first-order chi connectivity index (χ1) is 7.65. The van der Waals surface area contributed by atoms with Gasteiger partial charge in [0.25, 0.3) is 0 Å². The largest absolute Gasteiger partial charge is 0.397 e. The van der Waals surface area contributed by atoms with Crippen molar-refractivity contribution in [2.24, 2.45) is 0 Å².